The smallest absolute Gasteiger partial charge is 0.313 e. The van der Waals surface area contributed by atoms with Gasteiger partial charge >= 0.3 is 11.8 Å². The van der Waals surface area contributed by atoms with Crippen molar-refractivity contribution in [2.24, 2.45) is 0 Å². The van der Waals surface area contributed by atoms with E-state index in [2.05, 4.69) is 45.7 Å². The molecule has 0 saturated carbocycles. The Kier molecular flexibility index (Phi) is 7.54. The number of fused-ring (bicyclic) bond motifs is 1. The molecule has 0 unspecified atom stereocenters. The van der Waals surface area contributed by atoms with Gasteiger partial charge in [0.1, 0.15) is 0 Å². The summed E-state index contributed by atoms with van der Waals surface area (Å²) >= 11 is 0. The van der Waals surface area contributed by atoms with Crippen LogP contribution in [-0.4, -0.2) is 63.2 Å². The number of nitrogens with one attached hydrogen (secondary N) is 2. The number of morpholine rings is 1. The molecule has 2 aromatic rings. The highest BCUT2D eigenvalue weighted by Crippen LogP contribution is 2.31. The molecule has 1 fully saturated rings. The monoisotopic (exact) mass is 464 g/mol. The van der Waals surface area contributed by atoms with Crippen LogP contribution in [0.1, 0.15) is 40.3 Å². The van der Waals surface area contributed by atoms with Gasteiger partial charge in [-0.15, -0.1) is 0 Å². The van der Waals surface area contributed by atoms with E-state index in [0.717, 1.165) is 49.2 Å². The average molecular weight is 465 g/mol. The zero-order valence-electron chi connectivity index (χ0n) is 20.7. The van der Waals surface area contributed by atoms with Crippen molar-refractivity contribution in [2.75, 3.05) is 56.7 Å². The predicted octanol–water partition coefficient (Wildman–Crippen LogP) is 3.12. The van der Waals surface area contributed by atoms with Crippen molar-refractivity contribution in [2.45, 2.75) is 39.7 Å². The largest absolute Gasteiger partial charge is 0.379 e. The maximum absolute atomic E-state index is 12.8. The molecular formula is C27H36N4O3. The summed E-state index contributed by atoms with van der Waals surface area (Å²) in [6, 6.07) is 10.6. The van der Waals surface area contributed by atoms with Gasteiger partial charge in [-0.2, -0.15) is 0 Å². The van der Waals surface area contributed by atoms with E-state index < -0.39 is 11.8 Å². The summed E-state index contributed by atoms with van der Waals surface area (Å²) in [4.78, 5) is 30.1. The number of benzene rings is 2. The van der Waals surface area contributed by atoms with Gasteiger partial charge in [0.15, 0.2) is 0 Å². The van der Waals surface area contributed by atoms with E-state index in [1.54, 1.807) is 0 Å². The van der Waals surface area contributed by atoms with E-state index in [9.17, 15) is 9.59 Å². The zero-order valence-corrected chi connectivity index (χ0v) is 20.7. The van der Waals surface area contributed by atoms with E-state index in [1.807, 2.05) is 32.9 Å². The molecule has 2 aliphatic heterocycles. The Morgan fingerprint density at radius 2 is 1.71 bits per heavy atom. The second-order valence-corrected chi connectivity index (χ2v) is 9.52. The van der Waals surface area contributed by atoms with Crippen LogP contribution in [0.25, 0.3) is 0 Å². The van der Waals surface area contributed by atoms with Crippen LogP contribution in [-0.2, 0) is 20.7 Å². The van der Waals surface area contributed by atoms with Crippen LogP contribution in [0.5, 0.6) is 0 Å². The summed E-state index contributed by atoms with van der Waals surface area (Å²) in [5, 5.41) is 5.70. The predicted molar refractivity (Wildman–Crippen MR) is 135 cm³/mol. The number of anilines is 2. The Hall–Kier alpha value is -2.90. The van der Waals surface area contributed by atoms with Gasteiger partial charge in [0.2, 0.25) is 0 Å². The second-order valence-electron chi connectivity index (χ2n) is 9.52. The molecule has 4 rings (SSSR count). The molecule has 0 aliphatic carbocycles. The summed E-state index contributed by atoms with van der Waals surface area (Å²) in [5.41, 5.74) is 7.52. The van der Waals surface area contributed by atoms with E-state index >= 15 is 0 Å². The first-order valence-corrected chi connectivity index (χ1v) is 12.2. The topological polar surface area (TPSA) is 73.9 Å². The standard InChI is InChI=1S/C27H36N4O3/c1-18-14-19(2)25(20(3)15-18)29-27(33)26(32)28-17-24(31-10-12-34-13-11-31)22-7-8-23-21(16-22)6-5-9-30(23)4/h7-8,14-16,24H,5-6,9-13,17H2,1-4H3,(H,28,32)(H,29,33)/t24-/m0/s1. The molecule has 2 aliphatic rings. The van der Waals surface area contributed by atoms with Crippen molar-refractivity contribution in [3.63, 3.8) is 0 Å². The first kappa shape index (κ1) is 24.2. The molecule has 0 spiro atoms. The third kappa shape index (κ3) is 5.42. The number of carbonyl (C=O) groups is 2. The van der Waals surface area contributed by atoms with Crippen LogP contribution in [0.15, 0.2) is 30.3 Å². The first-order chi connectivity index (χ1) is 16.3. The summed E-state index contributed by atoms with van der Waals surface area (Å²) in [7, 11) is 2.13. The van der Waals surface area contributed by atoms with Crippen LogP contribution >= 0.6 is 0 Å². The molecule has 2 aromatic carbocycles. The van der Waals surface area contributed by atoms with Gasteiger partial charge in [-0.1, -0.05) is 29.8 Å². The highest BCUT2D eigenvalue weighted by Gasteiger charge is 2.26. The number of amides is 2. The highest BCUT2D eigenvalue weighted by atomic mass is 16.5. The molecule has 2 heterocycles. The molecule has 2 N–H and O–H groups in total. The molecule has 0 radical (unpaired) electrons. The third-order valence-corrected chi connectivity index (χ3v) is 6.90. The van der Waals surface area contributed by atoms with E-state index in [4.69, 9.17) is 4.74 Å². The Bertz CT molecular complexity index is 1040. The van der Waals surface area contributed by atoms with Crippen LogP contribution < -0.4 is 15.5 Å². The van der Waals surface area contributed by atoms with E-state index in [1.165, 1.54) is 16.8 Å². The minimum absolute atomic E-state index is 0.0129. The normalized spacial score (nSPS) is 17.1. The second kappa shape index (κ2) is 10.6. The fraction of sp³-hybridized carbons (Fsp3) is 0.481. The lowest BCUT2D eigenvalue weighted by atomic mass is 9.95. The Morgan fingerprint density at radius 3 is 2.41 bits per heavy atom. The van der Waals surface area contributed by atoms with Crippen molar-refractivity contribution < 1.29 is 14.3 Å². The van der Waals surface area contributed by atoms with Gasteiger partial charge in [-0.25, -0.2) is 0 Å². The highest BCUT2D eigenvalue weighted by molar-refractivity contribution is 6.39. The van der Waals surface area contributed by atoms with Crippen molar-refractivity contribution in [1.82, 2.24) is 10.2 Å². The molecule has 0 aromatic heterocycles. The molecule has 7 nitrogen and oxygen atoms in total. The van der Waals surface area contributed by atoms with Gasteiger partial charge in [-0.05, 0) is 61.9 Å². The van der Waals surface area contributed by atoms with Gasteiger partial charge in [0, 0.05) is 44.6 Å². The number of aryl methyl sites for hydroxylation is 4. The third-order valence-electron chi connectivity index (χ3n) is 6.90. The number of ether oxygens (including phenoxy) is 1. The molecule has 7 heteroatoms. The quantitative estimate of drug-likeness (QED) is 0.665. The van der Waals surface area contributed by atoms with E-state index in [-0.39, 0.29) is 6.04 Å². The Labute approximate surface area is 202 Å². The molecular weight excluding hydrogens is 428 g/mol. The summed E-state index contributed by atoms with van der Waals surface area (Å²) in [5.74, 6) is -1.25. The van der Waals surface area contributed by atoms with Gasteiger partial charge in [0.25, 0.3) is 0 Å². The Morgan fingerprint density at radius 1 is 1.00 bits per heavy atom. The van der Waals surface area contributed by atoms with Gasteiger partial charge in [0.05, 0.1) is 19.3 Å². The molecule has 2 amide bonds. The van der Waals surface area contributed by atoms with Gasteiger partial charge in [-0.3, -0.25) is 14.5 Å². The molecule has 34 heavy (non-hydrogen) atoms. The van der Waals surface area contributed by atoms with Crippen LogP contribution in [0.3, 0.4) is 0 Å². The lowest BCUT2D eigenvalue weighted by molar-refractivity contribution is -0.136. The molecule has 1 atom stereocenters. The van der Waals surface area contributed by atoms with Gasteiger partial charge < -0.3 is 20.3 Å². The molecule has 0 bridgehead atoms. The van der Waals surface area contributed by atoms with Crippen LogP contribution in [0, 0.1) is 20.8 Å². The fourth-order valence-electron chi connectivity index (χ4n) is 5.18. The average Bonchev–Trinajstić information content (AvgIpc) is 2.82. The van der Waals surface area contributed by atoms with Crippen molar-refractivity contribution >= 4 is 23.2 Å². The van der Waals surface area contributed by atoms with Crippen molar-refractivity contribution in [1.29, 1.82) is 0 Å². The number of rotatable bonds is 5. The minimum Gasteiger partial charge on any atom is -0.379 e. The number of hydrogen-bond acceptors (Lipinski definition) is 5. The lowest BCUT2D eigenvalue weighted by Crippen LogP contribution is -2.45. The summed E-state index contributed by atoms with van der Waals surface area (Å²) < 4.78 is 5.55. The van der Waals surface area contributed by atoms with Crippen molar-refractivity contribution in [3.05, 3.63) is 58.1 Å². The summed E-state index contributed by atoms with van der Waals surface area (Å²) in [6.07, 6.45) is 2.21. The number of nitrogens with zero attached hydrogens (tertiary/aromatic N) is 2. The van der Waals surface area contributed by atoms with Crippen LogP contribution in [0.4, 0.5) is 11.4 Å². The van der Waals surface area contributed by atoms with E-state index in [0.29, 0.717) is 25.4 Å². The van der Waals surface area contributed by atoms with Crippen LogP contribution in [0.2, 0.25) is 0 Å². The first-order valence-electron chi connectivity index (χ1n) is 12.2. The number of hydrogen-bond donors (Lipinski definition) is 2. The van der Waals surface area contributed by atoms with Crippen molar-refractivity contribution in [3.8, 4) is 0 Å². The Balaban J connectivity index is 1.48. The lowest BCUT2D eigenvalue weighted by Gasteiger charge is -2.36. The summed E-state index contributed by atoms with van der Waals surface area (Å²) in [6.45, 7) is 10.3. The molecule has 1 saturated heterocycles. The maximum atomic E-state index is 12.8. The zero-order chi connectivity index (χ0) is 24.2. The number of carbonyl (C=O) groups excluding carboxylic acids is 2. The minimum atomic E-state index is -0.636. The molecule has 182 valence electrons. The maximum Gasteiger partial charge on any atom is 0.313 e. The SMILES string of the molecule is Cc1cc(C)c(NC(=O)C(=O)NC[C@@H](c2ccc3c(c2)CCCN3C)N2CCOCC2)c(C)c1. The fourth-order valence-corrected chi connectivity index (χ4v) is 5.18.